The molecule has 3 aliphatic rings. The number of rotatable bonds is 4. The van der Waals surface area contributed by atoms with Crippen LogP contribution in [-0.4, -0.2) is 29.8 Å². The van der Waals surface area contributed by atoms with Crippen molar-refractivity contribution in [1.82, 2.24) is 0 Å². The number of hydrogen-bond acceptors (Lipinski definition) is 2. The zero-order chi connectivity index (χ0) is 13.7. The Morgan fingerprint density at radius 1 is 1.26 bits per heavy atom. The van der Waals surface area contributed by atoms with E-state index in [0.29, 0.717) is 18.4 Å². The predicted octanol–water partition coefficient (Wildman–Crippen LogP) is 3.38. The molecule has 0 saturated heterocycles. The maximum absolute atomic E-state index is 12.9. The minimum absolute atomic E-state index is 0.0475. The Labute approximate surface area is 113 Å². The van der Waals surface area contributed by atoms with Crippen molar-refractivity contribution in [3.63, 3.8) is 0 Å². The zero-order valence-electron chi connectivity index (χ0n) is 11.6. The lowest BCUT2D eigenvalue weighted by Crippen LogP contribution is -2.43. The molecule has 0 radical (unpaired) electrons. The first-order valence-corrected chi connectivity index (χ1v) is 7.47. The summed E-state index contributed by atoms with van der Waals surface area (Å²) in [6.45, 7) is 0.787. The summed E-state index contributed by atoms with van der Waals surface area (Å²) in [6.07, 6.45) is 7.03. The van der Waals surface area contributed by atoms with Gasteiger partial charge in [0, 0.05) is 6.92 Å². The van der Waals surface area contributed by atoms with Crippen LogP contribution in [0.2, 0.25) is 0 Å². The molecule has 110 valence electrons. The van der Waals surface area contributed by atoms with Crippen LogP contribution in [-0.2, 0) is 4.74 Å². The fourth-order valence-electron chi connectivity index (χ4n) is 5.00. The molecular formula is C15H24F2O2. The van der Waals surface area contributed by atoms with Gasteiger partial charge in [-0.05, 0) is 49.4 Å². The van der Waals surface area contributed by atoms with Gasteiger partial charge in [-0.25, -0.2) is 8.78 Å². The second-order valence-corrected chi connectivity index (χ2v) is 7.49. The molecule has 0 aliphatic heterocycles. The molecule has 4 atom stereocenters. The number of ether oxygens (including phenoxy) is 1. The van der Waals surface area contributed by atoms with Gasteiger partial charge in [0.25, 0.3) is 5.92 Å². The molecule has 19 heavy (non-hydrogen) atoms. The van der Waals surface area contributed by atoms with Gasteiger partial charge in [-0.2, -0.15) is 0 Å². The first-order valence-electron chi connectivity index (χ1n) is 7.47. The molecule has 3 aliphatic carbocycles. The van der Waals surface area contributed by atoms with Crippen LogP contribution >= 0.6 is 0 Å². The van der Waals surface area contributed by atoms with E-state index in [2.05, 4.69) is 0 Å². The normalized spacial score (nSPS) is 45.5. The van der Waals surface area contributed by atoms with E-state index in [-0.39, 0.29) is 5.41 Å². The minimum Gasteiger partial charge on any atom is -0.390 e. The van der Waals surface area contributed by atoms with Crippen LogP contribution in [0, 0.1) is 17.3 Å². The van der Waals surface area contributed by atoms with Gasteiger partial charge < -0.3 is 9.84 Å². The lowest BCUT2D eigenvalue weighted by atomic mass is 9.66. The fraction of sp³-hybridized carbons (Fsp3) is 1.00. The molecule has 3 rings (SSSR count). The van der Waals surface area contributed by atoms with Crippen LogP contribution in [0.1, 0.15) is 51.9 Å². The van der Waals surface area contributed by atoms with Crippen LogP contribution in [0.5, 0.6) is 0 Å². The zero-order valence-corrected chi connectivity index (χ0v) is 11.6. The number of halogens is 2. The highest BCUT2D eigenvalue weighted by Gasteiger charge is 2.56. The largest absolute Gasteiger partial charge is 0.390 e. The van der Waals surface area contributed by atoms with Crippen LogP contribution in [0.3, 0.4) is 0 Å². The molecule has 3 bridgehead atoms. The lowest BCUT2D eigenvalue weighted by molar-refractivity contribution is -0.112. The first-order chi connectivity index (χ1) is 8.79. The molecule has 2 nitrogen and oxygen atoms in total. The van der Waals surface area contributed by atoms with E-state index in [1.807, 2.05) is 0 Å². The third-order valence-electron chi connectivity index (χ3n) is 5.40. The average molecular weight is 274 g/mol. The van der Waals surface area contributed by atoms with Crippen molar-refractivity contribution in [2.75, 3.05) is 13.2 Å². The summed E-state index contributed by atoms with van der Waals surface area (Å²) < 4.78 is 31.0. The van der Waals surface area contributed by atoms with Crippen molar-refractivity contribution in [3.05, 3.63) is 0 Å². The van der Waals surface area contributed by atoms with E-state index in [0.717, 1.165) is 45.4 Å². The minimum atomic E-state index is -2.76. The summed E-state index contributed by atoms with van der Waals surface area (Å²) in [5.41, 5.74) is -0.583. The van der Waals surface area contributed by atoms with Gasteiger partial charge >= 0.3 is 0 Å². The Morgan fingerprint density at radius 3 is 2.74 bits per heavy atom. The van der Waals surface area contributed by atoms with Gasteiger partial charge in [0.05, 0.1) is 12.2 Å². The molecule has 0 heterocycles. The summed E-state index contributed by atoms with van der Waals surface area (Å²) in [6, 6.07) is 0. The molecule has 4 unspecified atom stereocenters. The van der Waals surface area contributed by atoms with Gasteiger partial charge in [0.1, 0.15) is 6.61 Å². The van der Waals surface area contributed by atoms with E-state index in [1.165, 1.54) is 6.42 Å². The fourth-order valence-corrected chi connectivity index (χ4v) is 5.00. The Morgan fingerprint density at radius 2 is 2.00 bits per heavy atom. The third kappa shape index (κ3) is 2.80. The highest BCUT2D eigenvalue weighted by molar-refractivity contribution is 5.07. The molecule has 0 spiro atoms. The van der Waals surface area contributed by atoms with Crippen LogP contribution < -0.4 is 0 Å². The van der Waals surface area contributed by atoms with Crippen LogP contribution in [0.25, 0.3) is 0 Å². The second-order valence-electron chi connectivity index (χ2n) is 7.49. The molecule has 0 aromatic carbocycles. The lowest BCUT2D eigenvalue weighted by Gasteiger charge is -2.43. The molecule has 3 saturated carbocycles. The smallest absolute Gasteiger partial charge is 0.268 e. The summed E-state index contributed by atoms with van der Waals surface area (Å²) in [7, 11) is 0. The highest BCUT2D eigenvalue weighted by Crippen LogP contribution is 2.60. The maximum Gasteiger partial charge on any atom is 0.268 e. The Bertz CT molecular complexity index is 355. The maximum atomic E-state index is 12.9. The van der Waals surface area contributed by atoms with Crippen molar-refractivity contribution in [2.24, 2.45) is 17.3 Å². The molecule has 4 heteroatoms. The summed E-state index contributed by atoms with van der Waals surface area (Å²) >= 11 is 0. The van der Waals surface area contributed by atoms with E-state index in [1.54, 1.807) is 0 Å². The van der Waals surface area contributed by atoms with Crippen molar-refractivity contribution in [2.45, 2.75) is 63.4 Å². The number of hydrogen-bond donors (Lipinski definition) is 1. The SMILES string of the molecule is CC(F)(F)COCC12CCCC3CC(O)(CC3C1)C2. The van der Waals surface area contributed by atoms with Gasteiger partial charge in [0.15, 0.2) is 0 Å². The Kier molecular flexibility index (Phi) is 3.17. The molecule has 0 amide bonds. The standard InChI is InChI=1S/C15H24F2O2/c1-13(16,17)9-19-10-14-4-2-3-11-6-15(18,8-14)7-12(11)5-14/h11-12,18H,2-10H2,1H3. The highest BCUT2D eigenvalue weighted by atomic mass is 19.3. The average Bonchev–Trinajstić information content (AvgIpc) is 2.38. The van der Waals surface area contributed by atoms with Gasteiger partial charge in [-0.3, -0.25) is 0 Å². The summed E-state index contributed by atoms with van der Waals surface area (Å²) in [5, 5.41) is 10.6. The van der Waals surface area contributed by atoms with E-state index in [9.17, 15) is 13.9 Å². The topological polar surface area (TPSA) is 29.5 Å². The van der Waals surface area contributed by atoms with Crippen molar-refractivity contribution in [1.29, 1.82) is 0 Å². The molecule has 1 N–H and O–H groups in total. The number of fused-ring (bicyclic) bond motifs is 2. The molecular weight excluding hydrogens is 250 g/mol. The monoisotopic (exact) mass is 274 g/mol. The van der Waals surface area contributed by atoms with Gasteiger partial charge in [-0.1, -0.05) is 12.8 Å². The Hall–Kier alpha value is -0.220. The summed E-state index contributed by atoms with van der Waals surface area (Å²) in [5.74, 6) is -1.51. The van der Waals surface area contributed by atoms with Crippen molar-refractivity contribution in [3.8, 4) is 0 Å². The van der Waals surface area contributed by atoms with E-state index < -0.39 is 18.1 Å². The molecule has 0 aromatic rings. The predicted molar refractivity (Wildman–Crippen MR) is 68.1 cm³/mol. The second kappa shape index (κ2) is 4.39. The molecule has 0 aromatic heterocycles. The summed E-state index contributed by atoms with van der Waals surface area (Å²) in [4.78, 5) is 0. The van der Waals surface area contributed by atoms with E-state index >= 15 is 0 Å². The van der Waals surface area contributed by atoms with E-state index in [4.69, 9.17) is 4.74 Å². The van der Waals surface area contributed by atoms with Crippen molar-refractivity contribution >= 4 is 0 Å². The number of aliphatic hydroxyl groups is 1. The quantitative estimate of drug-likeness (QED) is 0.851. The number of alkyl halides is 2. The first kappa shape index (κ1) is 13.7. The van der Waals surface area contributed by atoms with Crippen LogP contribution in [0.4, 0.5) is 8.78 Å². The van der Waals surface area contributed by atoms with Gasteiger partial charge in [0.2, 0.25) is 0 Å². The van der Waals surface area contributed by atoms with Gasteiger partial charge in [-0.15, -0.1) is 0 Å². The van der Waals surface area contributed by atoms with Crippen molar-refractivity contribution < 1.29 is 18.6 Å². The third-order valence-corrected chi connectivity index (χ3v) is 5.40. The molecule has 3 fully saturated rings. The van der Waals surface area contributed by atoms with Crippen LogP contribution in [0.15, 0.2) is 0 Å². The Balaban J connectivity index is 1.68.